The number of rotatable bonds is 6. The molecule has 1 saturated carbocycles. The summed E-state index contributed by atoms with van der Waals surface area (Å²) in [7, 11) is 0. The van der Waals surface area contributed by atoms with E-state index in [1.807, 2.05) is 11.8 Å². The van der Waals surface area contributed by atoms with Gasteiger partial charge in [0.1, 0.15) is 0 Å². The molecule has 118 valence electrons. The maximum atomic E-state index is 12.5. The van der Waals surface area contributed by atoms with E-state index in [0.717, 1.165) is 6.42 Å². The Morgan fingerprint density at radius 2 is 2.14 bits per heavy atom. The Balaban J connectivity index is 2.09. The molecule has 0 bridgehead atoms. The van der Waals surface area contributed by atoms with Gasteiger partial charge in [-0.3, -0.25) is 19.3 Å². The quantitative estimate of drug-likeness (QED) is 0.719. The van der Waals surface area contributed by atoms with Crippen LogP contribution in [0.1, 0.15) is 46.0 Å². The van der Waals surface area contributed by atoms with Crippen molar-refractivity contribution in [1.29, 1.82) is 0 Å². The third-order valence-electron chi connectivity index (χ3n) is 5.12. The standard InChI is InChI=1S/C15H24N2O4/c1-3-17-11(4-6-15(17)7-5-13(15)20)12(19)8-10(9(2)18)14(16)21/h9-11,18H,3-8H2,1-2H3,(H2,16,21)/t9-,10+,11?,15?/m1/s1. The Bertz CT molecular complexity index is 463. The number of nitrogens with two attached hydrogens (primary N) is 1. The average molecular weight is 296 g/mol. The Morgan fingerprint density at radius 3 is 2.52 bits per heavy atom. The largest absolute Gasteiger partial charge is 0.393 e. The molecule has 1 amide bonds. The van der Waals surface area contributed by atoms with Crippen LogP contribution in [0, 0.1) is 5.92 Å². The number of hydrogen-bond acceptors (Lipinski definition) is 5. The van der Waals surface area contributed by atoms with Gasteiger partial charge in [0, 0.05) is 12.8 Å². The van der Waals surface area contributed by atoms with Crippen LogP contribution in [0.15, 0.2) is 0 Å². The molecule has 0 aromatic rings. The summed E-state index contributed by atoms with van der Waals surface area (Å²) in [6, 6.07) is -0.333. The van der Waals surface area contributed by atoms with Gasteiger partial charge in [-0.2, -0.15) is 0 Å². The van der Waals surface area contributed by atoms with Crippen LogP contribution in [0.2, 0.25) is 0 Å². The monoisotopic (exact) mass is 296 g/mol. The summed E-state index contributed by atoms with van der Waals surface area (Å²) in [5.74, 6) is -1.39. The number of hydrogen-bond donors (Lipinski definition) is 2. The molecule has 1 spiro atoms. The number of nitrogens with zero attached hydrogens (tertiary/aromatic N) is 1. The summed E-state index contributed by atoms with van der Waals surface area (Å²) in [6.07, 6.45) is 1.77. The Morgan fingerprint density at radius 1 is 1.48 bits per heavy atom. The van der Waals surface area contributed by atoms with Crippen molar-refractivity contribution in [3.63, 3.8) is 0 Å². The molecule has 6 nitrogen and oxygen atoms in total. The maximum Gasteiger partial charge on any atom is 0.223 e. The van der Waals surface area contributed by atoms with Gasteiger partial charge >= 0.3 is 0 Å². The van der Waals surface area contributed by atoms with E-state index in [4.69, 9.17) is 5.73 Å². The van der Waals surface area contributed by atoms with Gasteiger partial charge in [0.25, 0.3) is 0 Å². The molecule has 4 atom stereocenters. The molecule has 1 aliphatic heterocycles. The first-order valence-corrected chi connectivity index (χ1v) is 7.63. The Labute approximate surface area is 124 Å². The lowest BCUT2D eigenvalue weighted by atomic mass is 9.73. The lowest BCUT2D eigenvalue weighted by Crippen LogP contribution is -2.60. The highest BCUT2D eigenvalue weighted by Crippen LogP contribution is 2.45. The lowest BCUT2D eigenvalue weighted by Gasteiger charge is -2.45. The molecule has 2 fully saturated rings. The minimum absolute atomic E-state index is 0.0571. The summed E-state index contributed by atoms with van der Waals surface area (Å²) in [5.41, 5.74) is 4.80. The molecule has 1 saturated heterocycles. The van der Waals surface area contributed by atoms with Crippen LogP contribution in [-0.2, 0) is 14.4 Å². The van der Waals surface area contributed by atoms with Crippen molar-refractivity contribution in [3.8, 4) is 0 Å². The molecule has 6 heteroatoms. The summed E-state index contributed by atoms with van der Waals surface area (Å²) in [6.45, 7) is 4.04. The van der Waals surface area contributed by atoms with Gasteiger partial charge in [0.2, 0.25) is 5.91 Å². The summed E-state index contributed by atoms with van der Waals surface area (Å²) in [5, 5.41) is 9.58. The second-order valence-corrected chi connectivity index (χ2v) is 6.22. The van der Waals surface area contributed by atoms with E-state index in [-0.39, 0.29) is 24.0 Å². The van der Waals surface area contributed by atoms with Crippen molar-refractivity contribution in [1.82, 2.24) is 4.90 Å². The van der Waals surface area contributed by atoms with Crippen LogP contribution >= 0.6 is 0 Å². The third-order valence-corrected chi connectivity index (χ3v) is 5.12. The van der Waals surface area contributed by atoms with Gasteiger partial charge < -0.3 is 10.8 Å². The second-order valence-electron chi connectivity index (χ2n) is 6.22. The van der Waals surface area contributed by atoms with Crippen molar-refractivity contribution in [2.24, 2.45) is 11.7 Å². The number of aliphatic hydroxyl groups excluding tert-OH is 1. The SMILES string of the molecule is CCN1C(C(=O)C[C@H](C(N)=O)[C@@H](C)O)CCC12CCC2=O. The van der Waals surface area contributed by atoms with Crippen molar-refractivity contribution >= 4 is 17.5 Å². The van der Waals surface area contributed by atoms with E-state index < -0.39 is 23.5 Å². The zero-order chi connectivity index (χ0) is 15.8. The zero-order valence-electron chi connectivity index (χ0n) is 12.7. The van der Waals surface area contributed by atoms with Gasteiger partial charge in [-0.25, -0.2) is 0 Å². The Hall–Kier alpha value is -1.27. The summed E-state index contributed by atoms with van der Waals surface area (Å²) in [4.78, 5) is 37.8. The highest BCUT2D eigenvalue weighted by atomic mass is 16.3. The first-order chi connectivity index (χ1) is 9.83. The van der Waals surface area contributed by atoms with Crippen molar-refractivity contribution in [2.75, 3.05) is 6.54 Å². The van der Waals surface area contributed by atoms with E-state index in [1.54, 1.807) is 0 Å². The predicted octanol–water partition coefficient (Wildman–Crippen LogP) is 0.0139. The van der Waals surface area contributed by atoms with E-state index in [9.17, 15) is 19.5 Å². The van der Waals surface area contributed by atoms with Crippen molar-refractivity contribution < 1.29 is 19.5 Å². The summed E-state index contributed by atoms with van der Waals surface area (Å²) >= 11 is 0. The average Bonchev–Trinajstić information content (AvgIpc) is 2.83. The van der Waals surface area contributed by atoms with Crippen molar-refractivity contribution in [2.45, 2.75) is 63.6 Å². The predicted molar refractivity (Wildman–Crippen MR) is 76.4 cm³/mol. The number of carbonyl (C=O) groups is 3. The number of Topliss-reactive ketones (excluding diaryl/α,β-unsaturated/α-hetero) is 2. The smallest absolute Gasteiger partial charge is 0.223 e. The molecule has 2 unspecified atom stereocenters. The molecule has 0 aromatic heterocycles. The maximum absolute atomic E-state index is 12.5. The van der Waals surface area contributed by atoms with Gasteiger partial charge in [-0.1, -0.05) is 6.92 Å². The number of likely N-dealkylation sites (tertiary alicyclic amines) is 1. The molecule has 0 aromatic carbocycles. The van der Waals surface area contributed by atoms with Crippen molar-refractivity contribution in [3.05, 3.63) is 0 Å². The van der Waals surface area contributed by atoms with E-state index in [2.05, 4.69) is 0 Å². The molecule has 1 aliphatic carbocycles. The molecule has 0 radical (unpaired) electrons. The van der Waals surface area contributed by atoms with Gasteiger partial charge in [0.15, 0.2) is 11.6 Å². The van der Waals surface area contributed by atoms with Crippen LogP contribution < -0.4 is 5.73 Å². The first-order valence-electron chi connectivity index (χ1n) is 7.63. The highest BCUT2D eigenvalue weighted by Gasteiger charge is 2.56. The molecular formula is C15H24N2O4. The number of likely N-dealkylation sites (N-methyl/N-ethyl adjacent to an activating group) is 1. The van der Waals surface area contributed by atoms with Crippen LogP contribution in [0.3, 0.4) is 0 Å². The lowest BCUT2D eigenvalue weighted by molar-refractivity contribution is -0.143. The van der Waals surface area contributed by atoms with Gasteiger partial charge in [-0.15, -0.1) is 0 Å². The van der Waals surface area contributed by atoms with Crippen LogP contribution in [-0.4, -0.2) is 51.7 Å². The number of aliphatic hydroxyl groups is 1. The fourth-order valence-corrected chi connectivity index (χ4v) is 3.78. The minimum Gasteiger partial charge on any atom is -0.393 e. The van der Waals surface area contributed by atoms with Gasteiger partial charge in [0.05, 0.1) is 23.6 Å². The molecule has 1 heterocycles. The third kappa shape index (κ3) is 2.62. The van der Waals surface area contributed by atoms with Crippen LogP contribution in [0.25, 0.3) is 0 Å². The highest BCUT2D eigenvalue weighted by molar-refractivity contribution is 5.97. The number of ketones is 2. The molecular weight excluding hydrogens is 272 g/mol. The fourth-order valence-electron chi connectivity index (χ4n) is 3.78. The van der Waals surface area contributed by atoms with Crippen LogP contribution in [0.4, 0.5) is 0 Å². The topological polar surface area (TPSA) is 101 Å². The second kappa shape index (κ2) is 5.85. The number of carbonyl (C=O) groups excluding carboxylic acids is 3. The molecule has 2 rings (SSSR count). The van der Waals surface area contributed by atoms with E-state index in [1.165, 1.54) is 6.92 Å². The summed E-state index contributed by atoms with van der Waals surface area (Å²) < 4.78 is 0. The van der Waals surface area contributed by atoms with Gasteiger partial charge in [-0.05, 0) is 32.7 Å². The normalized spacial score (nSPS) is 32.0. The first kappa shape index (κ1) is 16.1. The van der Waals surface area contributed by atoms with E-state index in [0.29, 0.717) is 25.8 Å². The molecule has 2 aliphatic rings. The molecule has 3 N–H and O–H groups in total. The minimum atomic E-state index is -0.942. The Kier molecular flexibility index (Phi) is 4.49. The number of amides is 1. The zero-order valence-corrected chi connectivity index (χ0v) is 12.7. The number of primary amides is 1. The molecule has 21 heavy (non-hydrogen) atoms. The van der Waals surface area contributed by atoms with E-state index >= 15 is 0 Å². The van der Waals surface area contributed by atoms with Crippen LogP contribution in [0.5, 0.6) is 0 Å². The fraction of sp³-hybridized carbons (Fsp3) is 0.800.